The van der Waals surface area contributed by atoms with Crippen molar-refractivity contribution in [3.05, 3.63) is 50.4 Å². The maximum atomic E-state index is 4.53. The van der Waals surface area contributed by atoms with Crippen LogP contribution in [0.5, 0.6) is 0 Å². The smallest absolute Gasteiger partial charge is 0.0926 e. The molecule has 1 heterocycles. The first-order chi connectivity index (χ1) is 8.29. The van der Waals surface area contributed by atoms with E-state index in [4.69, 9.17) is 0 Å². The molecule has 0 amide bonds. The second-order valence-corrected chi connectivity index (χ2v) is 5.58. The number of nitrogens with one attached hydrogen (secondary N) is 1. The minimum absolute atomic E-state index is 0.831. The lowest BCUT2D eigenvalue weighted by Crippen LogP contribution is -2.13. The van der Waals surface area contributed by atoms with E-state index in [-0.39, 0.29) is 0 Å². The lowest BCUT2D eigenvalue weighted by molar-refractivity contribution is 0.679. The van der Waals surface area contributed by atoms with Crippen molar-refractivity contribution in [2.75, 3.05) is 0 Å². The van der Waals surface area contributed by atoms with Crippen molar-refractivity contribution in [2.45, 2.75) is 26.4 Å². The molecular formula is C13H15BrN2S. The van der Waals surface area contributed by atoms with E-state index in [1.165, 1.54) is 10.6 Å². The Bertz CT molecular complexity index is 482. The summed E-state index contributed by atoms with van der Waals surface area (Å²) in [6.07, 6.45) is 1.02. The molecule has 0 atom stereocenters. The van der Waals surface area contributed by atoms with Crippen LogP contribution in [0.25, 0.3) is 0 Å². The Labute approximate surface area is 114 Å². The first-order valence-electron chi connectivity index (χ1n) is 5.67. The van der Waals surface area contributed by atoms with Gasteiger partial charge in [-0.15, -0.1) is 11.3 Å². The molecule has 0 radical (unpaired) electrons. The van der Waals surface area contributed by atoms with Gasteiger partial charge in [0.05, 0.1) is 10.7 Å². The quantitative estimate of drug-likeness (QED) is 0.909. The van der Waals surface area contributed by atoms with Crippen LogP contribution in [0, 0.1) is 0 Å². The number of hydrogen-bond donors (Lipinski definition) is 1. The van der Waals surface area contributed by atoms with Gasteiger partial charge in [0.2, 0.25) is 0 Å². The van der Waals surface area contributed by atoms with Gasteiger partial charge in [-0.1, -0.05) is 41.1 Å². The van der Waals surface area contributed by atoms with Crippen LogP contribution in [0.1, 0.15) is 23.2 Å². The van der Waals surface area contributed by atoms with Gasteiger partial charge in [-0.3, -0.25) is 0 Å². The van der Waals surface area contributed by atoms with Crippen molar-refractivity contribution < 1.29 is 0 Å². The summed E-state index contributed by atoms with van der Waals surface area (Å²) >= 11 is 5.28. The molecule has 0 saturated carbocycles. The van der Waals surface area contributed by atoms with Crippen LogP contribution in [0.4, 0.5) is 0 Å². The molecule has 0 aliphatic carbocycles. The fourth-order valence-electron chi connectivity index (χ4n) is 1.56. The summed E-state index contributed by atoms with van der Waals surface area (Å²) in [7, 11) is 0. The zero-order valence-corrected chi connectivity index (χ0v) is 12.1. The van der Waals surface area contributed by atoms with Gasteiger partial charge in [-0.2, -0.15) is 0 Å². The van der Waals surface area contributed by atoms with Gasteiger partial charge in [0, 0.05) is 22.9 Å². The molecule has 0 aliphatic heterocycles. The minimum atomic E-state index is 0.831. The van der Waals surface area contributed by atoms with Gasteiger partial charge in [0.25, 0.3) is 0 Å². The van der Waals surface area contributed by atoms with Gasteiger partial charge in [-0.25, -0.2) is 4.98 Å². The maximum Gasteiger partial charge on any atom is 0.0926 e. The fraction of sp³-hybridized carbons (Fsp3) is 0.308. The van der Waals surface area contributed by atoms with E-state index in [0.717, 1.165) is 29.7 Å². The summed E-state index contributed by atoms with van der Waals surface area (Å²) in [4.78, 5) is 4.53. The zero-order valence-electron chi connectivity index (χ0n) is 9.74. The number of aryl methyl sites for hydroxylation is 1. The minimum Gasteiger partial charge on any atom is -0.307 e. The monoisotopic (exact) mass is 310 g/mol. The van der Waals surface area contributed by atoms with Gasteiger partial charge in [-0.05, 0) is 18.1 Å². The number of nitrogens with zero attached hydrogens (tertiary/aromatic N) is 1. The molecule has 0 unspecified atom stereocenters. The van der Waals surface area contributed by atoms with Crippen LogP contribution < -0.4 is 5.32 Å². The molecule has 1 N–H and O–H groups in total. The lowest BCUT2D eigenvalue weighted by atomic mass is 10.2. The number of aromatic nitrogens is 1. The Morgan fingerprint density at radius 1 is 1.29 bits per heavy atom. The highest BCUT2D eigenvalue weighted by molar-refractivity contribution is 9.10. The van der Waals surface area contributed by atoms with Crippen LogP contribution in [0.3, 0.4) is 0 Å². The maximum absolute atomic E-state index is 4.53. The summed E-state index contributed by atoms with van der Waals surface area (Å²) in [6.45, 7) is 3.83. The molecule has 0 aliphatic rings. The molecule has 1 aromatic carbocycles. The van der Waals surface area contributed by atoms with E-state index in [9.17, 15) is 0 Å². The van der Waals surface area contributed by atoms with Gasteiger partial charge < -0.3 is 5.32 Å². The Morgan fingerprint density at radius 2 is 2.12 bits per heavy atom. The molecule has 4 heteroatoms. The van der Waals surface area contributed by atoms with E-state index in [1.807, 2.05) is 6.07 Å². The molecule has 0 bridgehead atoms. The molecule has 1 aromatic heterocycles. The molecule has 0 fully saturated rings. The average molecular weight is 311 g/mol. The highest BCUT2D eigenvalue weighted by Gasteiger charge is 2.01. The number of thiazole rings is 1. The highest BCUT2D eigenvalue weighted by atomic mass is 79.9. The summed E-state index contributed by atoms with van der Waals surface area (Å²) in [5, 5.41) is 6.75. The van der Waals surface area contributed by atoms with E-state index >= 15 is 0 Å². The van der Waals surface area contributed by atoms with Crippen molar-refractivity contribution in [2.24, 2.45) is 0 Å². The van der Waals surface area contributed by atoms with Crippen LogP contribution >= 0.6 is 27.3 Å². The fourth-order valence-corrected chi connectivity index (χ4v) is 2.73. The standard InChI is InChI=1S/C13H15BrN2S/c1-2-13-16-11(9-17-13)8-15-7-10-5-3-4-6-12(10)14/h3-6,9,15H,2,7-8H2,1H3. The summed E-state index contributed by atoms with van der Waals surface area (Å²) in [5.41, 5.74) is 2.41. The first-order valence-corrected chi connectivity index (χ1v) is 7.34. The van der Waals surface area contributed by atoms with Crippen molar-refractivity contribution in [3.8, 4) is 0 Å². The number of rotatable bonds is 5. The molecule has 2 nitrogen and oxygen atoms in total. The predicted molar refractivity (Wildman–Crippen MR) is 76.2 cm³/mol. The summed E-state index contributed by atoms with van der Waals surface area (Å²) < 4.78 is 1.15. The molecule has 90 valence electrons. The third kappa shape index (κ3) is 3.63. The van der Waals surface area contributed by atoms with E-state index < -0.39 is 0 Å². The van der Waals surface area contributed by atoms with Crippen molar-refractivity contribution >= 4 is 27.3 Å². The number of hydrogen-bond acceptors (Lipinski definition) is 3. The van der Waals surface area contributed by atoms with Gasteiger partial charge in [0.1, 0.15) is 0 Å². The van der Waals surface area contributed by atoms with Gasteiger partial charge >= 0.3 is 0 Å². The second-order valence-electron chi connectivity index (χ2n) is 3.78. The largest absolute Gasteiger partial charge is 0.307 e. The topological polar surface area (TPSA) is 24.9 Å². The highest BCUT2D eigenvalue weighted by Crippen LogP contribution is 2.15. The lowest BCUT2D eigenvalue weighted by Gasteiger charge is -2.05. The summed E-state index contributed by atoms with van der Waals surface area (Å²) in [5.74, 6) is 0. The third-order valence-corrected chi connectivity index (χ3v) is 4.30. The summed E-state index contributed by atoms with van der Waals surface area (Å²) in [6, 6.07) is 8.27. The molecule has 0 spiro atoms. The Morgan fingerprint density at radius 3 is 2.82 bits per heavy atom. The SMILES string of the molecule is CCc1nc(CNCc2ccccc2Br)cs1. The third-order valence-electron chi connectivity index (χ3n) is 2.48. The van der Waals surface area contributed by atoms with E-state index in [0.29, 0.717) is 0 Å². The first kappa shape index (κ1) is 12.7. The van der Waals surface area contributed by atoms with Crippen molar-refractivity contribution in [3.63, 3.8) is 0 Å². The predicted octanol–water partition coefficient (Wildman–Crippen LogP) is 3.76. The molecule has 2 aromatic rings. The Balaban J connectivity index is 1.85. The van der Waals surface area contributed by atoms with Crippen molar-refractivity contribution in [1.29, 1.82) is 0 Å². The number of halogens is 1. The number of benzene rings is 1. The van der Waals surface area contributed by atoms with Crippen LogP contribution in [-0.4, -0.2) is 4.98 Å². The Hall–Kier alpha value is -0.710. The average Bonchev–Trinajstić information content (AvgIpc) is 2.80. The van der Waals surface area contributed by atoms with Crippen molar-refractivity contribution in [1.82, 2.24) is 10.3 Å². The Kier molecular flexibility index (Phi) is 4.71. The molecule has 17 heavy (non-hydrogen) atoms. The van der Waals surface area contributed by atoms with E-state index in [2.05, 4.69) is 56.7 Å². The zero-order chi connectivity index (χ0) is 12.1. The molecule has 0 saturated heterocycles. The van der Waals surface area contributed by atoms with E-state index in [1.54, 1.807) is 11.3 Å². The van der Waals surface area contributed by atoms with Crippen LogP contribution in [-0.2, 0) is 19.5 Å². The molecular weight excluding hydrogens is 296 g/mol. The van der Waals surface area contributed by atoms with Crippen LogP contribution in [0.15, 0.2) is 34.1 Å². The van der Waals surface area contributed by atoms with Gasteiger partial charge in [0.15, 0.2) is 0 Å². The van der Waals surface area contributed by atoms with Crippen LogP contribution in [0.2, 0.25) is 0 Å². The normalized spacial score (nSPS) is 10.7. The molecule has 2 rings (SSSR count). The second kappa shape index (κ2) is 6.28.